The highest BCUT2D eigenvalue weighted by Crippen LogP contribution is 2.31. The van der Waals surface area contributed by atoms with Gasteiger partial charge in [-0.15, -0.1) is 4.80 Å². The molecule has 1 aromatic heterocycles. The molecule has 1 N–H and O–H groups in total. The molecule has 1 aliphatic heterocycles. The quantitative estimate of drug-likeness (QED) is 0.637. The lowest BCUT2D eigenvalue weighted by Gasteiger charge is -2.23. The summed E-state index contributed by atoms with van der Waals surface area (Å²) in [5, 5.41) is 10.9. The van der Waals surface area contributed by atoms with Crippen LogP contribution in [-0.4, -0.2) is 32.4 Å². The third-order valence-electron chi connectivity index (χ3n) is 3.46. The van der Waals surface area contributed by atoms with Crippen LogP contribution in [0, 0.1) is 12.7 Å². The average molecular weight is 394 g/mol. The second-order valence-corrected chi connectivity index (χ2v) is 5.42. The van der Waals surface area contributed by atoms with Gasteiger partial charge in [-0.2, -0.15) is 10.2 Å². The fourth-order valence-corrected chi connectivity index (χ4v) is 2.58. The van der Waals surface area contributed by atoms with Crippen molar-refractivity contribution in [2.45, 2.75) is 13.0 Å². The number of ether oxygens (including phenoxy) is 1. The Morgan fingerprint density at radius 1 is 1.42 bits per heavy atom. The van der Waals surface area contributed by atoms with Crippen LogP contribution in [0.5, 0.6) is 0 Å². The highest BCUT2D eigenvalue weighted by atomic mass is 79.9. The zero-order chi connectivity index (χ0) is 17.1. The molecule has 24 heavy (non-hydrogen) atoms. The van der Waals surface area contributed by atoms with Crippen LogP contribution >= 0.6 is 15.9 Å². The van der Waals surface area contributed by atoms with Gasteiger partial charge in [-0.05, 0) is 46.1 Å². The molecule has 1 unspecified atom stereocenters. The number of hydrogen-bond acceptors (Lipinski definition) is 6. The van der Waals surface area contributed by atoms with E-state index in [0.29, 0.717) is 22.7 Å². The van der Waals surface area contributed by atoms with E-state index in [1.165, 1.54) is 35.5 Å². The molecule has 7 nitrogen and oxygen atoms in total. The summed E-state index contributed by atoms with van der Waals surface area (Å²) in [6.07, 6.45) is 4.53. The van der Waals surface area contributed by atoms with Crippen molar-refractivity contribution in [2.75, 3.05) is 5.52 Å². The lowest BCUT2D eigenvalue weighted by Crippen LogP contribution is -2.34. The molecule has 1 atom stereocenters. The summed E-state index contributed by atoms with van der Waals surface area (Å²) in [6.45, 7) is 1.76. The zero-order valence-corrected chi connectivity index (χ0v) is 14.2. The first-order valence-electron chi connectivity index (χ1n) is 7.00. The van der Waals surface area contributed by atoms with Crippen molar-refractivity contribution >= 4 is 27.9 Å². The first-order valence-corrected chi connectivity index (χ1v) is 8.12. The first kappa shape index (κ1) is 16.3. The molecule has 2 aromatic rings. The number of aryl methyl sites for hydroxylation is 1. The zero-order valence-electron chi connectivity index (χ0n) is 12.6. The molecule has 0 saturated heterocycles. The monoisotopic (exact) mass is 393 g/mol. The van der Waals surface area contributed by atoms with E-state index in [1.807, 2.05) is 0 Å². The van der Waals surface area contributed by atoms with Gasteiger partial charge in [0.2, 0.25) is 5.96 Å². The molecule has 0 aliphatic carbocycles. The van der Waals surface area contributed by atoms with Gasteiger partial charge in [-0.25, -0.2) is 14.2 Å². The van der Waals surface area contributed by atoms with Crippen LogP contribution in [0.25, 0.3) is 0 Å². The number of carbonyl (C=O) groups excluding carboxylic acids is 1. The molecule has 0 fully saturated rings. The van der Waals surface area contributed by atoms with Gasteiger partial charge < -0.3 is 10.1 Å². The van der Waals surface area contributed by atoms with Crippen LogP contribution in [0.15, 0.2) is 47.4 Å². The predicted molar refractivity (Wildman–Crippen MR) is 87.8 cm³/mol. The van der Waals surface area contributed by atoms with Gasteiger partial charge in [-0.3, -0.25) is 0 Å². The molecule has 9 heteroatoms. The molecule has 0 saturated carbocycles. The second kappa shape index (κ2) is 6.91. The van der Waals surface area contributed by atoms with E-state index in [2.05, 4.69) is 36.4 Å². The maximum atomic E-state index is 13.4. The van der Waals surface area contributed by atoms with Crippen molar-refractivity contribution in [2.24, 2.45) is 4.99 Å². The van der Waals surface area contributed by atoms with E-state index in [4.69, 9.17) is 4.74 Å². The Morgan fingerprint density at radius 2 is 2.17 bits per heavy atom. The van der Waals surface area contributed by atoms with E-state index in [0.717, 1.165) is 0 Å². The number of aromatic nitrogens is 3. The number of alkyl halides is 1. The van der Waals surface area contributed by atoms with Crippen molar-refractivity contribution < 1.29 is 13.9 Å². The molecule has 0 bridgehead atoms. The van der Waals surface area contributed by atoms with E-state index in [9.17, 15) is 9.18 Å². The molecule has 124 valence electrons. The van der Waals surface area contributed by atoms with E-state index < -0.39 is 12.0 Å². The van der Waals surface area contributed by atoms with Gasteiger partial charge in [0.05, 0.1) is 18.0 Å². The van der Waals surface area contributed by atoms with Gasteiger partial charge in [0.25, 0.3) is 0 Å². The number of hydrogen-bond donors (Lipinski definition) is 1. The first-order chi connectivity index (χ1) is 11.6. The standard InChI is InChI=1S/C15H13BrFN5O2/c1-9-6-10(17)2-3-11(9)13-12(14(23)24-8-16)7-18-15(21-13)22-19-4-5-20-22/h2-7,13H,8H2,1H3,(H,18,21). The maximum Gasteiger partial charge on any atom is 0.338 e. The Bertz CT molecular complexity index is 819. The summed E-state index contributed by atoms with van der Waals surface area (Å²) in [7, 11) is 0. The van der Waals surface area contributed by atoms with Crippen LogP contribution in [0.2, 0.25) is 0 Å². The summed E-state index contributed by atoms with van der Waals surface area (Å²) >= 11 is 3.06. The molecule has 0 radical (unpaired) electrons. The fourth-order valence-electron chi connectivity index (χ4n) is 2.37. The summed E-state index contributed by atoms with van der Waals surface area (Å²) < 4.78 is 18.4. The Balaban J connectivity index is 2.04. The number of nitrogens with one attached hydrogen (secondary N) is 1. The lowest BCUT2D eigenvalue weighted by atomic mass is 9.95. The van der Waals surface area contributed by atoms with Crippen LogP contribution in [0.1, 0.15) is 17.2 Å². The topological polar surface area (TPSA) is 81.4 Å². The fraction of sp³-hybridized carbons (Fsp3) is 0.200. The number of esters is 1. The SMILES string of the molecule is Cc1cc(F)ccc1C1N=C(n2nccn2)NC=C1C(=O)OCBr. The molecular weight excluding hydrogens is 381 g/mol. The van der Waals surface area contributed by atoms with Gasteiger partial charge in [-0.1, -0.05) is 6.07 Å². The Morgan fingerprint density at radius 3 is 2.83 bits per heavy atom. The molecule has 0 spiro atoms. The molecular formula is C15H13BrFN5O2. The second-order valence-electron chi connectivity index (χ2n) is 4.96. The largest absolute Gasteiger partial charge is 0.451 e. The summed E-state index contributed by atoms with van der Waals surface area (Å²) in [4.78, 5) is 18.0. The number of aliphatic imine (C=N–C) groups is 1. The van der Waals surface area contributed by atoms with Gasteiger partial charge in [0, 0.05) is 6.20 Å². The van der Waals surface area contributed by atoms with Gasteiger partial charge in [0.15, 0.2) is 0 Å². The molecule has 2 heterocycles. The summed E-state index contributed by atoms with van der Waals surface area (Å²) in [6, 6.07) is 3.68. The van der Waals surface area contributed by atoms with E-state index >= 15 is 0 Å². The van der Waals surface area contributed by atoms with Crippen LogP contribution < -0.4 is 5.32 Å². The minimum atomic E-state index is -0.653. The molecule has 1 aliphatic rings. The van der Waals surface area contributed by atoms with Crippen LogP contribution in [0.4, 0.5) is 4.39 Å². The number of rotatable bonds is 3. The number of nitrogens with zero attached hydrogens (tertiary/aromatic N) is 4. The average Bonchev–Trinajstić information content (AvgIpc) is 3.09. The minimum Gasteiger partial charge on any atom is -0.451 e. The third-order valence-corrected chi connectivity index (χ3v) is 3.69. The normalized spacial score (nSPS) is 16.9. The van der Waals surface area contributed by atoms with Crippen molar-refractivity contribution in [3.63, 3.8) is 0 Å². The van der Waals surface area contributed by atoms with Crippen molar-refractivity contribution in [3.05, 3.63) is 59.3 Å². The molecule has 3 rings (SSSR count). The Hall–Kier alpha value is -2.55. The van der Waals surface area contributed by atoms with Gasteiger partial charge in [0.1, 0.15) is 17.4 Å². The molecule has 1 aromatic carbocycles. The Labute approximate surface area is 145 Å². The smallest absolute Gasteiger partial charge is 0.338 e. The summed E-state index contributed by atoms with van der Waals surface area (Å²) in [5.74, 6) is -0.523. The van der Waals surface area contributed by atoms with Crippen LogP contribution in [0.3, 0.4) is 0 Å². The third kappa shape index (κ3) is 3.21. The van der Waals surface area contributed by atoms with E-state index in [1.54, 1.807) is 13.0 Å². The number of carbonyl (C=O) groups is 1. The number of halogens is 2. The van der Waals surface area contributed by atoms with Crippen molar-refractivity contribution in [1.29, 1.82) is 0 Å². The lowest BCUT2D eigenvalue weighted by molar-refractivity contribution is -0.137. The predicted octanol–water partition coefficient (Wildman–Crippen LogP) is 2.05. The Kier molecular flexibility index (Phi) is 4.70. The van der Waals surface area contributed by atoms with E-state index in [-0.39, 0.29) is 11.3 Å². The van der Waals surface area contributed by atoms with Crippen molar-refractivity contribution in [3.8, 4) is 0 Å². The summed E-state index contributed by atoms with van der Waals surface area (Å²) in [5.41, 5.74) is 1.74. The minimum absolute atomic E-state index is 0.0651. The maximum absolute atomic E-state index is 13.4. The van der Waals surface area contributed by atoms with Crippen molar-refractivity contribution in [1.82, 2.24) is 20.3 Å². The highest BCUT2D eigenvalue weighted by molar-refractivity contribution is 9.09. The molecule has 0 amide bonds. The number of benzene rings is 1. The van der Waals surface area contributed by atoms with Crippen LogP contribution in [-0.2, 0) is 9.53 Å². The van der Waals surface area contributed by atoms with Gasteiger partial charge >= 0.3 is 5.97 Å². The highest BCUT2D eigenvalue weighted by Gasteiger charge is 2.29.